The second kappa shape index (κ2) is 6.81. The summed E-state index contributed by atoms with van der Waals surface area (Å²) in [5.74, 6) is 1.51. The molecule has 3 heterocycles. The topological polar surface area (TPSA) is 63.1 Å². The fourth-order valence-corrected chi connectivity index (χ4v) is 3.09. The standard InChI is InChI=1S/C17H23N5O/c1-3-18-17(23)15-4-5-16(19-10-15)22-7-6-13(12-22)8-14-9-20-21(2)11-14/h4-5,9-11,13H,3,6-8,12H2,1-2H3,(H,18,23). The van der Waals surface area contributed by atoms with Crippen LogP contribution in [0, 0.1) is 5.92 Å². The van der Waals surface area contributed by atoms with Crippen LogP contribution in [0.2, 0.25) is 0 Å². The maximum absolute atomic E-state index is 11.8. The fourth-order valence-electron chi connectivity index (χ4n) is 3.09. The molecule has 1 saturated heterocycles. The summed E-state index contributed by atoms with van der Waals surface area (Å²) in [6, 6.07) is 3.79. The van der Waals surface area contributed by atoms with Crippen molar-refractivity contribution in [1.29, 1.82) is 0 Å². The quantitative estimate of drug-likeness (QED) is 0.911. The van der Waals surface area contributed by atoms with E-state index >= 15 is 0 Å². The number of anilines is 1. The van der Waals surface area contributed by atoms with Crippen molar-refractivity contribution in [2.45, 2.75) is 19.8 Å². The predicted molar refractivity (Wildman–Crippen MR) is 89.5 cm³/mol. The van der Waals surface area contributed by atoms with Crippen LogP contribution >= 0.6 is 0 Å². The monoisotopic (exact) mass is 313 g/mol. The number of hydrogen-bond acceptors (Lipinski definition) is 4. The van der Waals surface area contributed by atoms with Gasteiger partial charge >= 0.3 is 0 Å². The number of nitrogens with one attached hydrogen (secondary N) is 1. The molecule has 0 aromatic carbocycles. The Morgan fingerprint density at radius 3 is 2.91 bits per heavy atom. The van der Waals surface area contributed by atoms with Gasteiger partial charge < -0.3 is 10.2 Å². The summed E-state index contributed by atoms with van der Waals surface area (Å²) in [6.45, 7) is 4.55. The maximum Gasteiger partial charge on any atom is 0.252 e. The molecule has 0 aliphatic carbocycles. The van der Waals surface area contributed by atoms with E-state index in [2.05, 4.69) is 26.5 Å². The van der Waals surface area contributed by atoms with Crippen molar-refractivity contribution in [2.24, 2.45) is 13.0 Å². The van der Waals surface area contributed by atoms with Crippen LogP contribution in [0.5, 0.6) is 0 Å². The minimum absolute atomic E-state index is 0.0672. The van der Waals surface area contributed by atoms with E-state index < -0.39 is 0 Å². The summed E-state index contributed by atoms with van der Waals surface area (Å²) in [5.41, 5.74) is 1.90. The van der Waals surface area contributed by atoms with Gasteiger partial charge in [0.2, 0.25) is 0 Å². The molecule has 23 heavy (non-hydrogen) atoms. The second-order valence-electron chi connectivity index (χ2n) is 6.09. The predicted octanol–water partition coefficient (Wildman–Crippen LogP) is 1.63. The summed E-state index contributed by atoms with van der Waals surface area (Å²) in [7, 11) is 1.95. The van der Waals surface area contributed by atoms with Crippen LogP contribution in [0.15, 0.2) is 30.7 Å². The van der Waals surface area contributed by atoms with Crippen LogP contribution in [-0.4, -0.2) is 40.3 Å². The molecule has 0 radical (unpaired) electrons. The average Bonchev–Trinajstić information content (AvgIpc) is 3.17. The Morgan fingerprint density at radius 1 is 1.39 bits per heavy atom. The van der Waals surface area contributed by atoms with Gasteiger partial charge in [-0.25, -0.2) is 4.98 Å². The molecule has 0 spiro atoms. The molecule has 1 unspecified atom stereocenters. The van der Waals surface area contributed by atoms with Gasteiger partial charge in [-0.2, -0.15) is 5.10 Å². The Morgan fingerprint density at radius 2 is 2.26 bits per heavy atom. The van der Waals surface area contributed by atoms with Gasteiger partial charge in [-0.1, -0.05) is 0 Å². The zero-order valence-electron chi connectivity index (χ0n) is 13.7. The van der Waals surface area contributed by atoms with Crippen LogP contribution in [0.25, 0.3) is 0 Å². The molecule has 1 aliphatic heterocycles. The molecule has 2 aromatic rings. The third-order valence-electron chi connectivity index (χ3n) is 4.24. The van der Waals surface area contributed by atoms with Crippen LogP contribution in [0.4, 0.5) is 5.82 Å². The summed E-state index contributed by atoms with van der Waals surface area (Å²) >= 11 is 0. The molecule has 1 aliphatic rings. The number of aryl methyl sites for hydroxylation is 1. The summed E-state index contributed by atoms with van der Waals surface area (Å²) in [4.78, 5) is 18.5. The van der Waals surface area contributed by atoms with Crippen molar-refractivity contribution >= 4 is 11.7 Å². The second-order valence-corrected chi connectivity index (χ2v) is 6.09. The van der Waals surface area contributed by atoms with Gasteiger partial charge in [0.15, 0.2) is 0 Å². The molecule has 1 fully saturated rings. The van der Waals surface area contributed by atoms with E-state index in [4.69, 9.17) is 0 Å². The zero-order valence-corrected chi connectivity index (χ0v) is 13.7. The average molecular weight is 313 g/mol. The molecule has 1 atom stereocenters. The smallest absolute Gasteiger partial charge is 0.252 e. The Bertz CT molecular complexity index is 664. The van der Waals surface area contributed by atoms with Gasteiger partial charge in [0.1, 0.15) is 5.82 Å². The van der Waals surface area contributed by atoms with E-state index in [1.165, 1.54) is 5.56 Å². The molecule has 2 aromatic heterocycles. The number of rotatable bonds is 5. The number of pyridine rings is 1. The van der Waals surface area contributed by atoms with Crippen LogP contribution in [0.3, 0.4) is 0 Å². The third-order valence-corrected chi connectivity index (χ3v) is 4.24. The molecule has 0 saturated carbocycles. The van der Waals surface area contributed by atoms with E-state index in [-0.39, 0.29) is 5.91 Å². The highest BCUT2D eigenvalue weighted by Crippen LogP contribution is 2.24. The van der Waals surface area contributed by atoms with Crippen molar-refractivity contribution < 1.29 is 4.79 Å². The van der Waals surface area contributed by atoms with E-state index in [9.17, 15) is 4.79 Å². The van der Waals surface area contributed by atoms with Gasteiger partial charge in [-0.3, -0.25) is 9.48 Å². The van der Waals surface area contributed by atoms with Crippen molar-refractivity contribution in [3.05, 3.63) is 41.9 Å². The first-order valence-corrected chi connectivity index (χ1v) is 8.12. The molecule has 0 bridgehead atoms. The molecule has 1 N–H and O–H groups in total. The highest BCUT2D eigenvalue weighted by atomic mass is 16.1. The number of carbonyl (C=O) groups is 1. The van der Waals surface area contributed by atoms with Gasteiger partial charge in [0.25, 0.3) is 5.91 Å². The van der Waals surface area contributed by atoms with Crippen molar-refractivity contribution in [1.82, 2.24) is 20.1 Å². The number of hydrogen-bond donors (Lipinski definition) is 1. The first kappa shape index (κ1) is 15.5. The lowest BCUT2D eigenvalue weighted by Gasteiger charge is -2.17. The summed E-state index contributed by atoms with van der Waals surface area (Å²) < 4.78 is 1.85. The van der Waals surface area contributed by atoms with Crippen LogP contribution in [0.1, 0.15) is 29.3 Å². The van der Waals surface area contributed by atoms with E-state index in [0.29, 0.717) is 18.0 Å². The van der Waals surface area contributed by atoms with Crippen LogP contribution in [-0.2, 0) is 13.5 Å². The highest BCUT2D eigenvalue weighted by Gasteiger charge is 2.24. The minimum Gasteiger partial charge on any atom is -0.356 e. The van der Waals surface area contributed by atoms with Gasteiger partial charge in [-0.05, 0) is 43.4 Å². The van der Waals surface area contributed by atoms with E-state index in [1.54, 1.807) is 6.20 Å². The Labute approximate surface area is 136 Å². The van der Waals surface area contributed by atoms with E-state index in [0.717, 1.165) is 31.7 Å². The first-order valence-electron chi connectivity index (χ1n) is 8.12. The lowest BCUT2D eigenvalue weighted by molar-refractivity contribution is 0.0955. The number of nitrogens with zero attached hydrogens (tertiary/aromatic N) is 4. The Hall–Kier alpha value is -2.37. The number of amides is 1. The largest absolute Gasteiger partial charge is 0.356 e. The zero-order chi connectivity index (χ0) is 16.2. The first-order chi connectivity index (χ1) is 11.2. The lowest BCUT2D eigenvalue weighted by Crippen LogP contribution is -2.24. The lowest BCUT2D eigenvalue weighted by atomic mass is 10.0. The number of aromatic nitrogens is 3. The van der Waals surface area contributed by atoms with Crippen LogP contribution < -0.4 is 10.2 Å². The van der Waals surface area contributed by atoms with Crippen molar-refractivity contribution in [3.8, 4) is 0 Å². The van der Waals surface area contributed by atoms with Gasteiger partial charge in [0, 0.05) is 39.1 Å². The summed E-state index contributed by atoms with van der Waals surface area (Å²) in [6.07, 6.45) is 7.91. The van der Waals surface area contributed by atoms with E-state index in [1.807, 2.05) is 37.0 Å². The number of carbonyl (C=O) groups excluding carboxylic acids is 1. The SMILES string of the molecule is CCNC(=O)c1ccc(N2CCC(Cc3cnn(C)c3)C2)nc1. The maximum atomic E-state index is 11.8. The molecule has 1 amide bonds. The molecule has 6 nitrogen and oxygen atoms in total. The Balaban J connectivity index is 1.59. The fraction of sp³-hybridized carbons (Fsp3) is 0.471. The molecular formula is C17H23N5O. The van der Waals surface area contributed by atoms with Crippen molar-refractivity contribution in [2.75, 3.05) is 24.5 Å². The van der Waals surface area contributed by atoms with Gasteiger partial charge in [-0.15, -0.1) is 0 Å². The summed E-state index contributed by atoms with van der Waals surface area (Å²) in [5, 5.41) is 7.02. The third kappa shape index (κ3) is 3.70. The highest BCUT2D eigenvalue weighted by molar-refractivity contribution is 5.93. The van der Waals surface area contributed by atoms with Crippen molar-refractivity contribution in [3.63, 3.8) is 0 Å². The molecular weight excluding hydrogens is 290 g/mol. The Kier molecular flexibility index (Phi) is 4.60. The molecule has 3 rings (SSSR count). The molecule has 122 valence electrons. The molecule has 6 heteroatoms. The normalized spacial score (nSPS) is 17.5. The van der Waals surface area contributed by atoms with Gasteiger partial charge in [0.05, 0.1) is 11.8 Å². The minimum atomic E-state index is -0.0672.